The second-order valence-electron chi connectivity index (χ2n) is 6.36. The fourth-order valence-corrected chi connectivity index (χ4v) is 2.58. The number of nitrogens with zero attached hydrogens (tertiary/aromatic N) is 1. The number of nitrogens with two attached hydrogens (primary N) is 1. The van der Waals surface area contributed by atoms with Crippen molar-refractivity contribution < 1.29 is 9.84 Å². The van der Waals surface area contributed by atoms with Gasteiger partial charge in [-0.25, -0.2) is 0 Å². The summed E-state index contributed by atoms with van der Waals surface area (Å²) in [5.41, 5.74) is 6.31. The van der Waals surface area contributed by atoms with E-state index >= 15 is 0 Å². The SMILES string of the molecule is CCN(CC1CCCO1)C(CO)C(N)C(C)(C)C. The van der Waals surface area contributed by atoms with Gasteiger partial charge in [-0.1, -0.05) is 27.7 Å². The molecule has 0 aromatic heterocycles. The maximum absolute atomic E-state index is 9.67. The van der Waals surface area contributed by atoms with E-state index in [4.69, 9.17) is 10.5 Å². The molecule has 0 saturated carbocycles. The van der Waals surface area contributed by atoms with Crippen molar-refractivity contribution in [1.82, 2.24) is 4.90 Å². The first-order valence-corrected chi connectivity index (χ1v) is 7.12. The van der Waals surface area contributed by atoms with E-state index in [2.05, 4.69) is 32.6 Å². The van der Waals surface area contributed by atoms with Gasteiger partial charge >= 0.3 is 0 Å². The Balaban J connectivity index is 2.64. The van der Waals surface area contributed by atoms with Crippen LogP contribution in [0.4, 0.5) is 0 Å². The van der Waals surface area contributed by atoms with Crippen LogP contribution in [0.2, 0.25) is 0 Å². The second kappa shape index (κ2) is 6.85. The van der Waals surface area contributed by atoms with Crippen molar-refractivity contribution >= 4 is 0 Å². The lowest BCUT2D eigenvalue weighted by Gasteiger charge is -2.40. The van der Waals surface area contributed by atoms with Gasteiger partial charge in [-0.15, -0.1) is 0 Å². The van der Waals surface area contributed by atoms with Gasteiger partial charge < -0.3 is 15.6 Å². The van der Waals surface area contributed by atoms with Crippen LogP contribution in [-0.4, -0.2) is 54.5 Å². The first kappa shape index (κ1) is 15.9. The number of aliphatic hydroxyl groups excluding tert-OH is 1. The summed E-state index contributed by atoms with van der Waals surface area (Å²) in [7, 11) is 0. The van der Waals surface area contributed by atoms with Gasteiger partial charge in [-0.3, -0.25) is 4.90 Å². The van der Waals surface area contributed by atoms with Crippen LogP contribution in [0.25, 0.3) is 0 Å². The molecule has 1 rings (SSSR count). The first-order chi connectivity index (χ1) is 8.40. The molecule has 18 heavy (non-hydrogen) atoms. The molecule has 3 N–H and O–H groups in total. The standard InChI is InChI=1S/C14H30N2O2/c1-5-16(9-11-7-6-8-18-11)12(10-17)13(15)14(2,3)4/h11-13,17H,5-10,15H2,1-4H3. The highest BCUT2D eigenvalue weighted by Crippen LogP contribution is 2.24. The number of aliphatic hydroxyl groups is 1. The molecule has 4 nitrogen and oxygen atoms in total. The van der Waals surface area contributed by atoms with Gasteiger partial charge in [-0.05, 0) is 24.8 Å². The number of hydrogen-bond donors (Lipinski definition) is 2. The maximum atomic E-state index is 9.67. The molecule has 1 saturated heterocycles. The zero-order chi connectivity index (χ0) is 13.8. The third-order valence-corrected chi connectivity index (χ3v) is 3.94. The maximum Gasteiger partial charge on any atom is 0.0702 e. The topological polar surface area (TPSA) is 58.7 Å². The van der Waals surface area contributed by atoms with Crippen LogP contribution in [0.1, 0.15) is 40.5 Å². The average molecular weight is 258 g/mol. The fourth-order valence-electron chi connectivity index (χ4n) is 2.58. The predicted octanol–water partition coefficient (Wildman–Crippen LogP) is 1.22. The summed E-state index contributed by atoms with van der Waals surface area (Å²) in [5.74, 6) is 0. The Kier molecular flexibility index (Phi) is 6.05. The van der Waals surface area contributed by atoms with E-state index in [-0.39, 0.29) is 24.1 Å². The van der Waals surface area contributed by atoms with Gasteiger partial charge in [0.15, 0.2) is 0 Å². The molecule has 0 aromatic carbocycles. The fraction of sp³-hybridized carbons (Fsp3) is 1.00. The Morgan fingerprint density at radius 3 is 2.50 bits per heavy atom. The lowest BCUT2D eigenvalue weighted by Crippen LogP contribution is -2.56. The summed E-state index contributed by atoms with van der Waals surface area (Å²) in [5, 5.41) is 9.67. The molecule has 108 valence electrons. The van der Waals surface area contributed by atoms with Crippen molar-refractivity contribution in [2.75, 3.05) is 26.3 Å². The Bertz CT molecular complexity index is 234. The Morgan fingerprint density at radius 1 is 1.44 bits per heavy atom. The monoisotopic (exact) mass is 258 g/mol. The average Bonchev–Trinajstić information content (AvgIpc) is 2.80. The van der Waals surface area contributed by atoms with E-state index < -0.39 is 0 Å². The van der Waals surface area contributed by atoms with Crippen LogP contribution < -0.4 is 5.73 Å². The van der Waals surface area contributed by atoms with Crippen molar-refractivity contribution in [3.63, 3.8) is 0 Å². The van der Waals surface area contributed by atoms with Crippen molar-refractivity contribution in [3.05, 3.63) is 0 Å². The molecule has 0 bridgehead atoms. The minimum atomic E-state index is -0.0381. The van der Waals surface area contributed by atoms with Crippen LogP contribution in [-0.2, 0) is 4.74 Å². The largest absolute Gasteiger partial charge is 0.395 e. The summed E-state index contributed by atoms with van der Waals surface area (Å²) in [6.07, 6.45) is 2.59. The Hall–Kier alpha value is -0.160. The lowest BCUT2D eigenvalue weighted by molar-refractivity contribution is 0.0234. The van der Waals surface area contributed by atoms with Gasteiger partial charge in [0.25, 0.3) is 0 Å². The highest BCUT2D eigenvalue weighted by atomic mass is 16.5. The van der Waals surface area contributed by atoms with Crippen LogP contribution >= 0.6 is 0 Å². The lowest BCUT2D eigenvalue weighted by atomic mass is 9.82. The third-order valence-electron chi connectivity index (χ3n) is 3.94. The van der Waals surface area contributed by atoms with Crippen molar-refractivity contribution in [2.24, 2.45) is 11.1 Å². The van der Waals surface area contributed by atoms with E-state index in [0.29, 0.717) is 6.10 Å². The molecule has 0 radical (unpaired) electrons. The van der Waals surface area contributed by atoms with E-state index in [9.17, 15) is 5.11 Å². The minimum Gasteiger partial charge on any atom is -0.395 e. The van der Waals surface area contributed by atoms with Gasteiger partial charge in [0.05, 0.1) is 12.7 Å². The summed E-state index contributed by atoms with van der Waals surface area (Å²) < 4.78 is 5.68. The summed E-state index contributed by atoms with van der Waals surface area (Å²) in [6.45, 7) is 11.3. The zero-order valence-corrected chi connectivity index (χ0v) is 12.4. The molecule has 4 heteroatoms. The molecule has 1 aliphatic heterocycles. The van der Waals surface area contributed by atoms with Gasteiger partial charge in [-0.2, -0.15) is 0 Å². The first-order valence-electron chi connectivity index (χ1n) is 7.12. The highest BCUT2D eigenvalue weighted by Gasteiger charge is 2.33. The molecule has 0 aliphatic carbocycles. The van der Waals surface area contributed by atoms with Gasteiger partial charge in [0.2, 0.25) is 0 Å². The molecule has 1 aliphatic rings. The summed E-state index contributed by atoms with van der Waals surface area (Å²) in [6, 6.07) is -0.0250. The van der Waals surface area contributed by atoms with Crippen LogP contribution in [0, 0.1) is 5.41 Å². The van der Waals surface area contributed by atoms with Crippen LogP contribution in [0.5, 0.6) is 0 Å². The van der Waals surface area contributed by atoms with Crippen molar-refractivity contribution in [2.45, 2.75) is 58.7 Å². The molecule has 1 heterocycles. The smallest absolute Gasteiger partial charge is 0.0702 e. The normalized spacial score (nSPS) is 24.5. The molecular formula is C14H30N2O2. The number of likely N-dealkylation sites (N-methyl/N-ethyl adjacent to an activating group) is 1. The zero-order valence-electron chi connectivity index (χ0n) is 12.4. The Labute approximate surface area is 111 Å². The van der Waals surface area contributed by atoms with E-state index in [1.165, 1.54) is 0 Å². The third kappa shape index (κ3) is 4.19. The molecule has 0 amide bonds. The number of rotatable bonds is 6. The highest BCUT2D eigenvalue weighted by molar-refractivity contribution is 4.90. The quantitative estimate of drug-likeness (QED) is 0.752. The van der Waals surface area contributed by atoms with E-state index in [0.717, 1.165) is 32.5 Å². The number of hydrogen-bond acceptors (Lipinski definition) is 4. The molecule has 0 spiro atoms. The predicted molar refractivity (Wildman–Crippen MR) is 74.5 cm³/mol. The van der Waals surface area contributed by atoms with E-state index in [1.54, 1.807) is 0 Å². The molecule has 0 aromatic rings. The van der Waals surface area contributed by atoms with Crippen LogP contribution in [0.3, 0.4) is 0 Å². The molecular weight excluding hydrogens is 228 g/mol. The van der Waals surface area contributed by atoms with Crippen LogP contribution in [0.15, 0.2) is 0 Å². The summed E-state index contributed by atoms with van der Waals surface area (Å²) >= 11 is 0. The Morgan fingerprint density at radius 2 is 2.11 bits per heavy atom. The second-order valence-corrected chi connectivity index (χ2v) is 6.36. The van der Waals surface area contributed by atoms with Gasteiger partial charge in [0.1, 0.15) is 0 Å². The minimum absolute atomic E-state index is 0.00263. The summed E-state index contributed by atoms with van der Waals surface area (Å²) in [4.78, 5) is 2.27. The molecule has 1 fully saturated rings. The van der Waals surface area contributed by atoms with Gasteiger partial charge in [0, 0.05) is 25.2 Å². The molecule has 3 unspecified atom stereocenters. The van der Waals surface area contributed by atoms with Crippen molar-refractivity contribution in [3.8, 4) is 0 Å². The number of ether oxygens (including phenoxy) is 1. The molecule has 3 atom stereocenters. The van der Waals surface area contributed by atoms with E-state index in [1.807, 2.05) is 0 Å². The van der Waals surface area contributed by atoms with Crippen molar-refractivity contribution in [1.29, 1.82) is 0 Å².